The van der Waals surface area contributed by atoms with Gasteiger partial charge in [0, 0.05) is 0 Å². The van der Waals surface area contributed by atoms with Crippen LogP contribution in [0.25, 0.3) is 0 Å². The summed E-state index contributed by atoms with van der Waals surface area (Å²) in [5.41, 5.74) is 0. The van der Waals surface area contributed by atoms with Gasteiger partial charge in [-0.15, -0.1) is 0 Å². The van der Waals surface area contributed by atoms with Crippen molar-refractivity contribution in [2.24, 2.45) is 11.8 Å². The summed E-state index contributed by atoms with van der Waals surface area (Å²) in [7, 11) is 2.25. The Morgan fingerprint density at radius 1 is 0.786 bits per heavy atom. The Morgan fingerprint density at radius 2 is 1.14 bits per heavy atom. The Labute approximate surface area is 90.9 Å². The summed E-state index contributed by atoms with van der Waals surface area (Å²) in [6.07, 6.45) is 5.45. The quantitative estimate of drug-likeness (QED) is 0.575. The summed E-state index contributed by atoms with van der Waals surface area (Å²) in [6, 6.07) is 0. The molecule has 0 aromatic heterocycles. The Morgan fingerprint density at radius 3 is 1.43 bits per heavy atom. The normalized spacial score (nSPS) is 12.0. The van der Waals surface area contributed by atoms with Crippen molar-refractivity contribution in [2.45, 2.75) is 53.4 Å². The third kappa shape index (κ3) is 10.0. The van der Waals surface area contributed by atoms with Gasteiger partial charge in [-0.25, -0.2) is 0 Å². The van der Waals surface area contributed by atoms with E-state index in [1.54, 1.807) is 0 Å². The molecule has 0 atom stereocenters. The van der Waals surface area contributed by atoms with Crippen molar-refractivity contribution in [1.82, 2.24) is 4.90 Å². The van der Waals surface area contributed by atoms with E-state index in [2.05, 4.69) is 39.6 Å². The van der Waals surface area contributed by atoms with Crippen molar-refractivity contribution in [3.05, 3.63) is 0 Å². The summed E-state index contributed by atoms with van der Waals surface area (Å²) in [5.74, 6) is 1.72. The van der Waals surface area contributed by atoms with Gasteiger partial charge in [0.05, 0.1) is 0 Å². The maximum Gasteiger partial charge on any atom is -0.00217 e. The lowest BCUT2D eigenvalue weighted by Gasteiger charge is -2.17. The smallest absolute Gasteiger partial charge is 0.00217 e. The standard InChI is InChI=1S/C13H29N/c1-12(2)8-6-10-14(5)11-7-9-13(3)4/h12-13H,6-11H2,1-5H3. The van der Waals surface area contributed by atoms with Crippen molar-refractivity contribution < 1.29 is 0 Å². The molecule has 0 fully saturated rings. The monoisotopic (exact) mass is 199 g/mol. The number of nitrogens with zero attached hydrogens (tertiary/aromatic N) is 1. The van der Waals surface area contributed by atoms with Gasteiger partial charge in [-0.05, 0) is 57.7 Å². The molecule has 0 heterocycles. The van der Waals surface area contributed by atoms with Crippen molar-refractivity contribution >= 4 is 0 Å². The van der Waals surface area contributed by atoms with Gasteiger partial charge in [0.15, 0.2) is 0 Å². The van der Waals surface area contributed by atoms with Crippen LogP contribution in [0, 0.1) is 11.8 Å². The minimum atomic E-state index is 0.860. The van der Waals surface area contributed by atoms with Gasteiger partial charge < -0.3 is 4.90 Å². The highest BCUT2D eigenvalue weighted by Gasteiger charge is 2.00. The van der Waals surface area contributed by atoms with E-state index < -0.39 is 0 Å². The molecule has 0 aliphatic heterocycles. The average molecular weight is 199 g/mol. The second-order valence-electron chi connectivity index (χ2n) is 5.38. The maximum absolute atomic E-state index is 2.48. The Bertz CT molecular complexity index is 104. The van der Waals surface area contributed by atoms with Gasteiger partial charge in [-0.3, -0.25) is 0 Å². The molecular weight excluding hydrogens is 170 g/mol. The van der Waals surface area contributed by atoms with Crippen LogP contribution in [0.3, 0.4) is 0 Å². The molecule has 0 aromatic carbocycles. The first kappa shape index (κ1) is 14.0. The lowest BCUT2D eigenvalue weighted by atomic mass is 10.1. The molecule has 0 N–H and O–H groups in total. The van der Waals surface area contributed by atoms with E-state index in [0.29, 0.717) is 0 Å². The molecule has 0 radical (unpaired) electrons. The van der Waals surface area contributed by atoms with E-state index in [4.69, 9.17) is 0 Å². The predicted octanol–water partition coefficient (Wildman–Crippen LogP) is 3.79. The fraction of sp³-hybridized carbons (Fsp3) is 1.00. The second kappa shape index (κ2) is 8.28. The molecular formula is C13H29N. The number of rotatable bonds is 8. The lowest BCUT2D eigenvalue weighted by Crippen LogP contribution is -2.21. The van der Waals surface area contributed by atoms with Gasteiger partial charge in [-0.1, -0.05) is 27.7 Å². The number of hydrogen-bond acceptors (Lipinski definition) is 1. The van der Waals surface area contributed by atoms with E-state index in [0.717, 1.165) is 11.8 Å². The van der Waals surface area contributed by atoms with E-state index in [1.165, 1.54) is 38.8 Å². The molecule has 0 saturated heterocycles. The van der Waals surface area contributed by atoms with Crippen LogP contribution >= 0.6 is 0 Å². The van der Waals surface area contributed by atoms with Gasteiger partial charge >= 0.3 is 0 Å². The van der Waals surface area contributed by atoms with Crippen molar-refractivity contribution in [1.29, 1.82) is 0 Å². The summed E-state index contributed by atoms with van der Waals surface area (Å²) < 4.78 is 0. The molecule has 1 nitrogen and oxygen atoms in total. The molecule has 1 heteroatoms. The first-order valence-electron chi connectivity index (χ1n) is 6.21. The molecule has 14 heavy (non-hydrogen) atoms. The molecule has 0 unspecified atom stereocenters. The minimum absolute atomic E-state index is 0.860. The maximum atomic E-state index is 2.48. The largest absolute Gasteiger partial charge is 0.306 e. The SMILES string of the molecule is CC(C)CCCN(C)CCCC(C)C. The van der Waals surface area contributed by atoms with Gasteiger partial charge in [0.2, 0.25) is 0 Å². The third-order valence-electron chi connectivity index (χ3n) is 2.64. The van der Waals surface area contributed by atoms with Crippen LogP contribution in [0.15, 0.2) is 0 Å². The van der Waals surface area contributed by atoms with Crippen molar-refractivity contribution in [3.63, 3.8) is 0 Å². The first-order chi connectivity index (χ1) is 6.52. The average Bonchev–Trinajstić information content (AvgIpc) is 2.02. The summed E-state index contributed by atoms with van der Waals surface area (Å²) in [4.78, 5) is 2.48. The highest BCUT2D eigenvalue weighted by molar-refractivity contribution is 4.55. The van der Waals surface area contributed by atoms with Crippen LogP contribution in [0.1, 0.15) is 53.4 Å². The molecule has 0 bridgehead atoms. The zero-order valence-electron chi connectivity index (χ0n) is 10.8. The fourth-order valence-corrected chi connectivity index (χ4v) is 1.65. The molecule has 0 aromatic rings. The first-order valence-corrected chi connectivity index (χ1v) is 6.21. The van der Waals surface area contributed by atoms with Gasteiger partial charge in [0.1, 0.15) is 0 Å². The Kier molecular flexibility index (Phi) is 8.26. The topological polar surface area (TPSA) is 3.24 Å². The molecule has 0 saturated carbocycles. The summed E-state index contributed by atoms with van der Waals surface area (Å²) >= 11 is 0. The Balaban J connectivity index is 3.23. The van der Waals surface area contributed by atoms with Gasteiger partial charge in [-0.2, -0.15) is 0 Å². The van der Waals surface area contributed by atoms with Crippen molar-refractivity contribution in [3.8, 4) is 0 Å². The highest BCUT2D eigenvalue weighted by Crippen LogP contribution is 2.06. The molecule has 0 aliphatic carbocycles. The summed E-state index contributed by atoms with van der Waals surface area (Å²) in [5, 5.41) is 0. The molecule has 0 aliphatic rings. The zero-order chi connectivity index (χ0) is 11.0. The van der Waals surface area contributed by atoms with E-state index in [9.17, 15) is 0 Å². The second-order valence-corrected chi connectivity index (χ2v) is 5.38. The van der Waals surface area contributed by atoms with Crippen LogP contribution in [0.2, 0.25) is 0 Å². The highest BCUT2D eigenvalue weighted by atomic mass is 15.1. The third-order valence-corrected chi connectivity index (χ3v) is 2.64. The van der Waals surface area contributed by atoms with Crippen LogP contribution in [0.5, 0.6) is 0 Å². The van der Waals surface area contributed by atoms with E-state index >= 15 is 0 Å². The van der Waals surface area contributed by atoms with Gasteiger partial charge in [0.25, 0.3) is 0 Å². The zero-order valence-corrected chi connectivity index (χ0v) is 10.8. The van der Waals surface area contributed by atoms with Crippen molar-refractivity contribution in [2.75, 3.05) is 20.1 Å². The van der Waals surface area contributed by atoms with Crippen LogP contribution < -0.4 is 0 Å². The minimum Gasteiger partial charge on any atom is -0.306 e. The van der Waals surface area contributed by atoms with Crippen LogP contribution in [-0.4, -0.2) is 25.0 Å². The molecule has 0 amide bonds. The van der Waals surface area contributed by atoms with E-state index in [1.807, 2.05) is 0 Å². The lowest BCUT2D eigenvalue weighted by molar-refractivity contribution is 0.304. The molecule has 0 spiro atoms. The van der Waals surface area contributed by atoms with Crippen LogP contribution in [-0.2, 0) is 0 Å². The van der Waals surface area contributed by atoms with Crippen LogP contribution in [0.4, 0.5) is 0 Å². The summed E-state index contributed by atoms with van der Waals surface area (Å²) in [6.45, 7) is 11.8. The predicted molar refractivity (Wildman–Crippen MR) is 65.6 cm³/mol. The number of hydrogen-bond donors (Lipinski definition) is 0. The fourth-order valence-electron chi connectivity index (χ4n) is 1.65. The molecule has 86 valence electrons. The molecule has 0 rings (SSSR count). The Hall–Kier alpha value is -0.0400. The van der Waals surface area contributed by atoms with E-state index in [-0.39, 0.29) is 0 Å².